The van der Waals surface area contributed by atoms with Crippen LogP contribution in [0, 0.1) is 0 Å². The zero-order valence-corrected chi connectivity index (χ0v) is 19.7. The van der Waals surface area contributed by atoms with Gasteiger partial charge in [-0.1, -0.05) is 24.3 Å². The summed E-state index contributed by atoms with van der Waals surface area (Å²) in [4.78, 5) is 39.4. The van der Waals surface area contributed by atoms with Crippen molar-refractivity contribution < 1.29 is 28.6 Å². The molecule has 0 radical (unpaired) electrons. The van der Waals surface area contributed by atoms with E-state index in [1.165, 1.54) is 16.7 Å². The summed E-state index contributed by atoms with van der Waals surface area (Å²) in [6, 6.07) is 6.43. The number of nitrogens with zero attached hydrogens (tertiary/aromatic N) is 1. The Bertz CT molecular complexity index is 948. The van der Waals surface area contributed by atoms with E-state index in [-0.39, 0.29) is 18.2 Å². The Labute approximate surface area is 192 Å². The van der Waals surface area contributed by atoms with Crippen molar-refractivity contribution >= 4 is 29.7 Å². The van der Waals surface area contributed by atoms with Crippen LogP contribution in [-0.4, -0.2) is 52.7 Å². The van der Waals surface area contributed by atoms with Crippen LogP contribution in [0.4, 0.5) is 4.79 Å². The van der Waals surface area contributed by atoms with Gasteiger partial charge in [0.15, 0.2) is 0 Å². The van der Waals surface area contributed by atoms with E-state index in [1.807, 2.05) is 25.1 Å². The molecule has 2 aliphatic rings. The van der Waals surface area contributed by atoms with Crippen LogP contribution in [0.5, 0.6) is 5.75 Å². The van der Waals surface area contributed by atoms with E-state index in [4.69, 9.17) is 14.2 Å². The van der Waals surface area contributed by atoms with Crippen LogP contribution in [0.1, 0.15) is 33.3 Å². The van der Waals surface area contributed by atoms with Gasteiger partial charge in [0.25, 0.3) is 5.91 Å². The summed E-state index contributed by atoms with van der Waals surface area (Å²) in [5, 5.41) is 2.22. The van der Waals surface area contributed by atoms with Gasteiger partial charge in [0.1, 0.15) is 35.1 Å². The first-order chi connectivity index (χ1) is 15.1. The van der Waals surface area contributed by atoms with Gasteiger partial charge in [-0.25, -0.2) is 9.59 Å². The maximum Gasteiger partial charge on any atom is 0.408 e. The highest BCUT2D eigenvalue weighted by Gasteiger charge is 2.54. The van der Waals surface area contributed by atoms with Crippen molar-refractivity contribution in [2.45, 2.75) is 51.3 Å². The number of allylic oxidation sites excluding steroid dienone is 2. The van der Waals surface area contributed by atoms with Gasteiger partial charge >= 0.3 is 12.1 Å². The third-order valence-electron chi connectivity index (χ3n) is 4.76. The molecule has 0 aromatic heterocycles. The van der Waals surface area contributed by atoms with Gasteiger partial charge < -0.3 is 19.5 Å². The number of alkyl carbamates (subject to hydrolysis) is 1. The normalized spacial score (nSPS) is 20.5. The van der Waals surface area contributed by atoms with E-state index in [9.17, 15) is 14.4 Å². The van der Waals surface area contributed by atoms with Gasteiger partial charge in [-0.15, -0.1) is 11.8 Å². The second-order valence-corrected chi connectivity index (χ2v) is 9.44. The molecule has 2 aliphatic heterocycles. The van der Waals surface area contributed by atoms with Gasteiger partial charge in [0, 0.05) is 5.75 Å². The Morgan fingerprint density at radius 3 is 2.53 bits per heavy atom. The number of hydrogen-bond donors (Lipinski definition) is 1. The zero-order chi connectivity index (χ0) is 23.5. The number of thioether (sulfide) groups is 1. The van der Waals surface area contributed by atoms with Crippen molar-refractivity contribution in [2.24, 2.45) is 0 Å². The molecule has 0 aliphatic carbocycles. The highest BCUT2D eigenvalue weighted by molar-refractivity contribution is 8.00. The average Bonchev–Trinajstić information content (AvgIpc) is 2.74. The van der Waals surface area contributed by atoms with Gasteiger partial charge in [-0.2, -0.15) is 0 Å². The summed E-state index contributed by atoms with van der Waals surface area (Å²) in [6.45, 7) is 7.16. The van der Waals surface area contributed by atoms with Gasteiger partial charge in [0.2, 0.25) is 0 Å². The van der Waals surface area contributed by atoms with E-state index < -0.39 is 29.1 Å². The molecular weight excluding hydrogens is 432 g/mol. The minimum Gasteiger partial charge on any atom is -0.497 e. The summed E-state index contributed by atoms with van der Waals surface area (Å²) in [5.74, 6) is 0.271. The molecular formula is C23H28N2O6S. The summed E-state index contributed by atoms with van der Waals surface area (Å²) in [5.41, 5.74) is 1.05. The fourth-order valence-corrected chi connectivity index (χ4v) is 4.65. The number of carbonyl (C=O) groups is 3. The topological polar surface area (TPSA) is 94.2 Å². The Morgan fingerprint density at radius 1 is 1.25 bits per heavy atom. The molecule has 0 bridgehead atoms. The molecule has 1 saturated heterocycles. The zero-order valence-electron chi connectivity index (χ0n) is 18.8. The van der Waals surface area contributed by atoms with Crippen molar-refractivity contribution in [3.63, 3.8) is 0 Å². The summed E-state index contributed by atoms with van der Waals surface area (Å²) in [7, 11) is 1.58. The van der Waals surface area contributed by atoms with Crippen molar-refractivity contribution in [1.82, 2.24) is 10.2 Å². The number of ether oxygens (including phenoxy) is 3. The predicted molar refractivity (Wildman–Crippen MR) is 121 cm³/mol. The molecule has 1 aromatic rings. The standard InChI is InChI=1S/C23H28N2O6S/c1-6-7-15-13-32-20-17(24-22(28)31-23(2,3)4)19(26)25(20)18(15)21(27)30-12-14-8-10-16(29-5)11-9-14/h6-11,17,20H,12-13H2,1-5H3,(H,24,28)/b7-6+. The van der Waals surface area contributed by atoms with Crippen LogP contribution in [0.15, 0.2) is 47.7 Å². The first-order valence-electron chi connectivity index (χ1n) is 10.2. The van der Waals surface area contributed by atoms with Crippen molar-refractivity contribution in [2.75, 3.05) is 12.9 Å². The SMILES string of the molecule is C/C=C/C1=C(C(=O)OCc2ccc(OC)cc2)N2C(=O)C(NC(=O)OC(C)(C)C)C2SC1. The Balaban J connectivity index is 1.72. The molecule has 2 unspecified atom stereocenters. The molecule has 3 rings (SSSR count). The number of esters is 1. The molecule has 2 amide bonds. The molecule has 9 heteroatoms. The Morgan fingerprint density at radius 2 is 1.94 bits per heavy atom. The highest BCUT2D eigenvalue weighted by atomic mass is 32.2. The minimum atomic E-state index is -0.758. The van der Waals surface area contributed by atoms with E-state index in [2.05, 4.69) is 5.32 Å². The molecule has 2 atom stereocenters. The lowest BCUT2D eigenvalue weighted by Gasteiger charge is -2.49. The summed E-state index contributed by atoms with van der Waals surface area (Å²) < 4.78 is 15.9. The number of β-lactam (4-membered cyclic amide) rings is 1. The Hall–Kier alpha value is -2.94. The van der Waals surface area contributed by atoms with Crippen LogP contribution >= 0.6 is 11.8 Å². The number of nitrogens with one attached hydrogen (secondary N) is 1. The molecule has 0 saturated carbocycles. The van der Waals surface area contributed by atoms with Gasteiger partial charge in [0.05, 0.1) is 7.11 Å². The van der Waals surface area contributed by atoms with Gasteiger partial charge in [-0.05, 0) is 51.0 Å². The first-order valence-corrected chi connectivity index (χ1v) is 11.3. The van der Waals surface area contributed by atoms with Gasteiger partial charge in [-0.3, -0.25) is 9.69 Å². The minimum absolute atomic E-state index is 0.0644. The third kappa shape index (κ3) is 5.27. The quantitative estimate of drug-likeness (QED) is 0.514. The second kappa shape index (κ2) is 9.68. The van der Waals surface area contributed by atoms with Crippen molar-refractivity contribution in [3.8, 4) is 5.75 Å². The molecule has 1 fully saturated rings. The van der Waals surface area contributed by atoms with Crippen molar-refractivity contribution in [1.29, 1.82) is 0 Å². The van der Waals surface area contributed by atoms with Crippen LogP contribution in [0.2, 0.25) is 0 Å². The van der Waals surface area contributed by atoms with E-state index in [1.54, 1.807) is 46.1 Å². The van der Waals surface area contributed by atoms with E-state index in [0.717, 1.165) is 5.56 Å². The smallest absolute Gasteiger partial charge is 0.408 e. The third-order valence-corrected chi connectivity index (χ3v) is 6.06. The maximum atomic E-state index is 13.0. The lowest BCUT2D eigenvalue weighted by atomic mass is 10.0. The average molecular weight is 461 g/mol. The lowest BCUT2D eigenvalue weighted by Crippen LogP contribution is -2.70. The highest BCUT2D eigenvalue weighted by Crippen LogP contribution is 2.41. The van der Waals surface area contributed by atoms with Crippen LogP contribution in [0.25, 0.3) is 0 Å². The lowest BCUT2D eigenvalue weighted by molar-refractivity contribution is -0.152. The monoisotopic (exact) mass is 460 g/mol. The molecule has 1 N–H and O–H groups in total. The van der Waals surface area contributed by atoms with E-state index >= 15 is 0 Å². The molecule has 32 heavy (non-hydrogen) atoms. The van der Waals surface area contributed by atoms with Crippen molar-refractivity contribution in [3.05, 3.63) is 53.3 Å². The fraction of sp³-hybridized carbons (Fsp3) is 0.435. The number of hydrogen-bond acceptors (Lipinski definition) is 7. The maximum absolute atomic E-state index is 13.0. The second-order valence-electron chi connectivity index (χ2n) is 8.33. The number of amides is 2. The molecule has 2 heterocycles. The van der Waals surface area contributed by atoms with Crippen LogP contribution in [0.3, 0.4) is 0 Å². The number of methoxy groups -OCH3 is 1. The molecule has 1 aromatic carbocycles. The van der Waals surface area contributed by atoms with E-state index in [0.29, 0.717) is 17.1 Å². The number of fused-ring (bicyclic) bond motifs is 1. The predicted octanol–water partition coefficient (Wildman–Crippen LogP) is 3.38. The largest absolute Gasteiger partial charge is 0.497 e. The number of benzene rings is 1. The summed E-state index contributed by atoms with van der Waals surface area (Å²) in [6.07, 6.45) is 2.95. The van der Waals surface area contributed by atoms with Crippen LogP contribution in [-0.2, 0) is 25.7 Å². The molecule has 172 valence electrons. The van der Waals surface area contributed by atoms with Crippen LogP contribution < -0.4 is 10.1 Å². The molecule has 8 nitrogen and oxygen atoms in total. The fourth-order valence-electron chi connectivity index (χ4n) is 3.33. The first kappa shape index (κ1) is 23.7. The number of rotatable bonds is 6. The Kier molecular flexibility index (Phi) is 7.18. The molecule has 0 spiro atoms. The number of carbonyl (C=O) groups excluding carboxylic acids is 3. The summed E-state index contributed by atoms with van der Waals surface area (Å²) >= 11 is 1.48.